The van der Waals surface area contributed by atoms with Gasteiger partial charge in [0.1, 0.15) is 6.04 Å². The van der Waals surface area contributed by atoms with Crippen molar-refractivity contribution >= 4 is 11.8 Å². The molecule has 5 heteroatoms. The third kappa shape index (κ3) is 2.45. The zero-order chi connectivity index (χ0) is 13.4. The summed E-state index contributed by atoms with van der Waals surface area (Å²) < 4.78 is 0. The predicted molar refractivity (Wildman–Crippen MR) is 69.0 cm³/mol. The molecule has 19 heavy (non-hydrogen) atoms. The molecule has 2 aliphatic rings. The quantitative estimate of drug-likeness (QED) is 0.866. The van der Waals surface area contributed by atoms with Crippen molar-refractivity contribution in [2.45, 2.75) is 32.4 Å². The lowest BCUT2D eigenvalue weighted by molar-refractivity contribution is -0.145. The van der Waals surface area contributed by atoms with E-state index in [0.717, 1.165) is 24.0 Å². The second-order valence-corrected chi connectivity index (χ2v) is 5.38. The van der Waals surface area contributed by atoms with Gasteiger partial charge in [-0.2, -0.15) is 0 Å². The van der Waals surface area contributed by atoms with Crippen molar-refractivity contribution in [3.05, 3.63) is 29.6 Å². The monoisotopic (exact) mass is 259 g/mol. The topological polar surface area (TPSA) is 62.3 Å². The summed E-state index contributed by atoms with van der Waals surface area (Å²) in [6, 6.07) is 1.60. The first-order valence-corrected chi connectivity index (χ1v) is 6.63. The maximum atomic E-state index is 12.4. The Balaban J connectivity index is 1.77. The molecule has 1 aromatic heterocycles. The molecule has 2 heterocycles. The largest absolute Gasteiger partial charge is 0.342 e. The molecule has 1 unspecified atom stereocenters. The van der Waals surface area contributed by atoms with Crippen LogP contribution in [0.1, 0.15) is 24.0 Å². The highest BCUT2D eigenvalue weighted by Crippen LogP contribution is 2.34. The summed E-state index contributed by atoms with van der Waals surface area (Å²) in [6.45, 7) is 2.61. The first kappa shape index (κ1) is 12.1. The van der Waals surface area contributed by atoms with Crippen molar-refractivity contribution in [3.63, 3.8) is 0 Å². The fourth-order valence-corrected chi connectivity index (χ4v) is 2.50. The second kappa shape index (κ2) is 4.64. The predicted octanol–water partition coefficient (Wildman–Crippen LogP) is 0.627. The highest BCUT2D eigenvalue weighted by Gasteiger charge is 2.42. The van der Waals surface area contributed by atoms with Crippen molar-refractivity contribution in [1.82, 2.24) is 15.2 Å². The molecule has 0 radical (unpaired) electrons. The molecule has 2 fully saturated rings. The fourth-order valence-electron chi connectivity index (χ4n) is 2.50. The Morgan fingerprint density at radius 1 is 1.42 bits per heavy atom. The molecule has 1 saturated carbocycles. The van der Waals surface area contributed by atoms with Gasteiger partial charge in [0.05, 0.1) is 6.54 Å². The zero-order valence-corrected chi connectivity index (χ0v) is 10.9. The maximum absolute atomic E-state index is 12.4. The number of aryl methyl sites for hydroxylation is 1. The summed E-state index contributed by atoms with van der Waals surface area (Å²) >= 11 is 0. The summed E-state index contributed by atoms with van der Waals surface area (Å²) in [7, 11) is 0. The Morgan fingerprint density at radius 3 is 2.89 bits per heavy atom. The van der Waals surface area contributed by atoms with Crippen LogP contribution in [-0.4, -0.2) is 34.3 Å². The summed E-state index contributed by atoms with van der Waals surface area (Å²) in [5, 5.41) is 2.82. The summed E-state index contributed by atoms with van der Waals surface area (Å²) in [5.41, 5.74) is 2.09. The first-order valence-electron chi connectivity index (χ1n) is 6.63. The number of pyridine rings is 1. The Morgan fingerprint density at radius 2 is 2.21 bits per heavy atom. The highest BCUT2D eigenvalue weighted by atomic mass is 16.2. The molecule has 5 nitrogen and oxygen atoms in total. The number of aromatic nitrogens is 1. The van der Waals surface area contributed by atoms with E-state index in [1.807, 2.05) is 13.0 Å². The van der Waals surface area contributed by atoms with Crippen molar-refractivity contribution in [1.29, 1.82) is 0 Å². The molecule has 100 valence electrons. The number of rotatable bonds is 3. The number of hydrogen-bond acceptors (Lipinski definition) is 3. The highest BCUT2D eigenvalue weighted by molar-refractivity contribution is 5.95. The van der Waals surface area contributed by atoms with Gasteiger partial charge in [0, 0.05) is 18.9 Å². The number of carbonyl (C=O) groups excluding carboxylic acids is 2. The van der Waals surface area contributed by atoms with Gasteiger partial charge in [0.2, 0.25) is 11.8 Å². The average Bonchev–Trinajstić information content (AvgIpc) is 3.20. The Kier molecular flexibility index (Phi) is 2.97. The van der Waals surface area contributed by atoms with E-state index < -0.39 is 0 Å². The minimum absolute atomic E-state index is 0.0526. The van der Waals surface area contributed by atoms with Gasteiger partial charge >= 0.3 is 0 Å². The van der Waals surface area contributed by atoms with Crippen molar-refractivity contribution in [2.24, 2.45) is 5.92 Å². The molecular formula is C14H17N3O2. The van der Waals surface area contributed by atoms with Crippen molar-refractivity contribution in [3.8, 4) is 0 Å². The summed E-state index contributed by atoms with van der Waals surface area (Å²) in [6.07, 6.45) is 5.58. The van der Waals surface area contributed by atoms with Gasteiger partial charge in [0.15, 0.2) is 0 Å². The standard InChI is InChI=1S/C14H17N3O2/c1-9-6-15-5-4-11(9)7-17-8-12(18)16-13(14(17)19)10-2-3-10/h4-6,10,13H,2-3,7-8H2,1H3,(H,16,18). The Bertz CT molecular complexity index is 525. The van der Waals surface area contributed by atoms with Crippen LogP contribution in [0.15, 0.2) is 18.5 Å². The van der Waals surface area contributed by atoms with Crippen LogP contribution in [0.5, 0.6) is 0 Å². The molecular weight excluding hydrogens is 242 g/mol. The van der Waals surface area contributed by atoms with E-state index >= 15 is 0 Å². The van der Waals surface area contributed by atoms with Gasteiger partial charge in [-0.3, -0.25) is 14.6 Å². The minimum atomic E-state index is -0.302. The number of nitrogens with zero attached hydrogens (tertiary/aromatic N) is 2. The zero-order valence-electron chi connectivity index (χ0n) is 10.9. The van der Waals surface area contributed by atoms with E-state index in [9.17, 15) is 9.59 Å². The van der Waals surface area contributed by atoms with Crippen LogP contribution in [-0.2, 0) is 16.1 Å². The Labute approximate surface area is 112 Å². The van der Waals surface area contributed by atoms with E-state index in [1.54, 1.807) is 17.3 Å². The van der Waals surface area contributed by atoms with Gasteiger partial charge in [-0.25, -0.2) is 0 Å². The molecule has 0 bridgehead atoms. The van der Waals surface area contributed by atoms with Crippen LogP contribution in [0.25, 0.3) is 0 Å². The summed E-state index contributed by atoms with van der Waals surface area (Å²) in [4.78, 5) is 29.8. The lowest BCUT2D eigenvalue weighted by Gasteiger charge is -2.33. The first-order chi connectivity index (χ1) is 9.15. The van der Waals surface area contributed by atoms with E-state index in [2.05, 4.69) is 10.3 Å². The van der Waals surface area contributed by atoms with E-state index in [-0.39, 0.29) is 24.4 Å². The van der Waals surface area contributed by atoms with Gasteiger partial charge in [-0.05, 0) is 42.9 Å². The van der Waals surface area contributed by atoms with Crippen LogP contribution in [0.2, 0.25) is 0 Å². The van der Waals surface area contributed by atoms with E-state index in [4.69, 9.17) is 0 Å². The Hall–Kier alpha value is -1.91. The van der Waals surface area contributed by atoms with Gasteiger partial charge in [0.25, 0.3) is 0 Å². The van der Waals surface area contributed by atoms with Crippen LogP contribution in [0.3, 0.4) is 0 Å². The molecule has 0 aromatic carbocycles. The number of piperazine rings is 1. The van der Waals surface area contributed by atoms with Crippen molar-refractivity contribution in [2.75, 3.05) is 6.54 Å². The van der Waals surface area contributed by atoms with E-state index in [0.29, 0.717) is 12.5 Å². The van der Waals surface area contributed by atoms with Crippen LogP contribution in [0.4, 0.5) is 0 Å². The van der Waals surface area contributed by atoms with Crippen molar-refractivity contribution < 1.29 is 9.59 Å². The molecule has 2 amide bonds. The van der Waals surface area contributed by atoms with Crippen LogP contribution in [0, 0.1) is 12.8 Å². The lowest BCUT2D eigenvalue weighted by Crippen LogP contribution is -2.58. The van der Waals surface area contributed by atoms with Gasteiger partial charge in [-0.1, -0.05) is 0 Å². The average molecular weight is 259 g/mol. The fraction of sp³-hybridized carbons (Fsp3) is 0.500. The van der Waals surface area contributed by atoms with E-state index in [1.165, 1.54) is 0 Å². The molecule has 1 N–H and O–H groups in total. The number of amides is 2. The molecule has 1 aliphatic carbocycles. The third-order valence-corrected chi connectivity index (χ3v) is 3.82. The molecule has 3 rings (SSSR count). The normalized spacial score (nSPS) is 23.4. The number of nitrogens with one attached hydrogen (secondary N) is 1. The lowest BCUT2D eigenvalue weighted by atomic mass is 10.1. The SMILES string of the molecule is Cc1cnccc1CN1CC(=O)NC(C2CC2)C1=O. The van der Waals surface area contributed by atoms with Crippen LogP contribution >= 0.6 is 0 Å². The number of hydrogen-bond donors (Lipinski definition) is 1. The van der Waals surface area contributed by atoms with Crippen LogP contribution < -0.4 is 5.32 Å². The molecule has 0 spiro atoms. The molecule has 1 aliphatic heterocycles. The molecule has 1 saturated heterocycles. The molecule has 1 aromatic rings. The second-order valence-electron chi connectivity index (χ2n) is 5.38. The van der Waals surface area contributed by atoms with Gasteiger partial charge in [-0.15, -0.1) is 0 Å². The third-order valence-electron chi connectivity index (χ3n) is 3.82. The summed E-state index contributed by atoms with van der Waals surface area (Å²) in [5.74, 6) is 0.347. The smallest absolute Gasteiger partial charge is 0.246 e. The maximum Gasteiger partial charge on any atom is 0.246 e. The van der Waals surface area contributed by atoms with Gasteiger partial charge < -0.3 is 10.2 Å². The number of carbonyl (C=O) groups is 2. The minimum Gasteiger partial charge on any atom is -0.342 e. The molecule has 1 atom stereocenters.